The fraction of sp³-hybridized carbons (Fsp3) is 0.296. The second-order valence-electron chi connectivity index (χ2n) is 8.94. The summed E-state index contributed by atoms with van der Waals surface area (Å²) in [6.07, 6.45) is 2.08. The number of carbonyl (C=O) groups is 2. The number of halogens is 2. The van der Waals surface area contributed by atoms with Gasteiger partial charge in [0.2, 0.25) is 0 Å². The Balaban J connectivity index is 1.30. The summed E-state index contributed by atoms with van der Waals surface area (Å²) >= 11 is 0. The number of fused-ring (bicyclic) bond motifs is 1. The summed E-state index contributed by atoms with van der Waals surface area (Å²) in [4.78, 5) is 29.4. The number of nitrogens with one attached hydrogen (secondary N) is 1. The maximum Gasteiger partial charge on any atom is 0.289 e. The van der Waals surface area contributed by atoms with Gasteiger partial charge in [0.25, 0.3) is 11.8 Å². The SMILES string of the molecule is Cc1c(C(=O)N2CCN(c3ccccc3F)CC2)oc2c1/C(=N/NC(=O)c1ccc(F)cc1)CCC2. The van der Waals surface area contributed by atoms with Crippen LogP contribution in [0.25, 0.3) is 0 Å². The van der Waals surface area contributed by atoms with E-state index in [0.29, 0.717) is 67.3 Å². The van der Waals surface area contributed by atoms with Gasteiger partial charge < -0.3 is 14.2 Å². The molecule has 1 aromatic heterocycles. The second kappa shape index (κ2) is 9.93. The maximum atomic E-state index is 14.2. The van der Waals surface area contributed by atoms with Crippen molar-refractivity contribution in [3.8, 4) is 0 Å². The van der Waals surface area contributed by atoms with Gasteiger partial charge >= 0.3 is 0 Å². The van der Waals surface area contributed by atoms with Gasteiger partial charge in [-0.25, -0.2) is 14.2 Å². The van der Waals surface area contributed by atoms with Crippen LogP contribution in [0.5, 0.6) is 0 Å². The monoisotopic (exact) mass is 492 g/mol. The lowest BCUT2D eigenvalue weighted by molar-refractivity contribution is 0.0711. The highest BCUT2D eigenvalue weighted by Crippen LogP contribution is 2.31. The van der Waals surface area contributed by atoms with Crippen LogP contribution in [0.4, 0.5) is 14.5 Å². The van der Waals surface area contributed by atoms with Crippen LogP contribution in [0, 0.1) is 18.6 Å². The third-order valence-electron chi connectivity index (χ3n) is 6.68. The number of benzene rings is 2. The van der Waals surface area contributed by atoms with Crippen LogP contribution in [-0.2, 0) is 6.42 Å². The van der Waals surface area contributed by atoms with Crippen LogP contribution >= 0.6 is 0 Å². The summed E-state index contributed by atoms with van der Waals surface area (Å²) in [7, 11) is 0. The smallest absolute Gasteiger partial charge is 0.289 e. The highest BCUT2D eigenvalue weighted by molar-refractivity contribution is 6.07. The number of para-hydroxylation sites is 1. The molecule has 0 bridgehead atoms. The van der Waals surface area contributed by atoms with Crippen molar-refractivity contribution in [1.29, 1.82) is 0 Å². The number of nitrogens with zero attached hydrogens (tertiary/aromatic N) is 3. The number of anilines is 1. The van der Waals surface area contributed by atoms with Crippen LogP contribution in [-0.4, -0.2) is 48.6 Å². The first-order chi connectivity index (χ1) is 17.4. The number of hydrazone groups is 1. The Morgan fingerprint density at radius 3 is 2.42 bits per heavy atom. The van der Waals surface area contributed by atoms with Gasteiger partial charge in [-0.2, -0.15) is 5.10 Å². The largest absolute Gasteiger partial charge is 0.455 e. The van der Waals surface area contributed by atoms with E-state index in [2.05, 4.69) is 10.5 Å². The van der Waals surface area contributed by atoms with Crippen LogP contribution < -0.4 is 10.3 Å². The lowest BCUT2D eigenvalue weighted by Gasteiger charge is -2.35. The molecule has 1 aliphatic heterocycles. The zero-order chi connectivity index (χ0) is 25.2. The molecule has 0 unspecified atom stereocenters. The molecular weight excluding hydrogens is 466 g/mol. The molecule has 7 nitrogen and oxygen atoms in total. The van der Waals surface area contributed by atoms with Crippen molar-refractivity contribution in [2.24, 2.45) is 5.10 Å². The fourth-order valence-electron chi connectivity index (χ4n) is 4.77. The Bertz CT molecular complexity index is 1330. The first-order valence-electron chi connectivity index (χ1n) is 12.0. The van der Waals surface area contributed by atoms with Crippen molar-refractivity contribution in [1.82, 2.24) is 10.3 Å². The molecule has 2 aliphatic rings. The standard InChI is InChI=1S/C27H26F2N4O3/c1-17-24-21(30-31-26(34)18-9-11-19(28)12-10-18)6-4-8-23(24)36-25(17)27(35)33-15-13-32(14-16-33)22-7-3-2-5-20(22)29/h2-3,5,7,9-12H,4,6,8,13-16H2,1H3,(H,31,34)/b30-21+. The molecule has 3 aromatic rings. The van der Waals surface area contributed by atoms with E-state index in [1.807, 2.05) is 11.8 Å². The zero-order valence-electron chi connectivity index (χ0n) is 19.9. The van der Waals surface area contributed by atoms with Gasteiger partial charge in [0.1, 0.15) is 17.4 Å². The Kier molecular flexibility index (Phi) is 6.54. The third kappa shape index (κ3) is 4.60. The van der Waals surface area contributed by atoms with E-state index in [-0.39, 0.29) is 17.5 Å². The van der Waals surface area contributed by atoms with Crippen molar-refractivity contribution < 1.29 is 22.8 Å². The van der Waals surface area contributed by atoms with E-state index in [1.165, 1.54) is 30.3 Å². The molecule has 2 heterocycles. The number of amides is 2. The molecule has 1 fully saturated rings. The molecule has 0 radical (unpaired) electrons. The molecule has 1 saturated heterocycles. The molecule has 36 heavy (non-hydrogen) atoms. The van der Waals surface area contributed by atoms with E-state index in [1.54, 1.807) is 23.1 Å². The number of hydrogen-bond acceptors (Lipinski definition) is 5. The zero-order valence-corrected chi connectivity index (χ0v) is 19.9. The number of piperazine rings is 1. The van der Waals surface area contributed by atoms with Crippen LogP contribution in [0.2, 0.25) is 0 Å². The Morgan fingerprint density at radius 1 is 0.972 bits per heavy atom. The average Bonchev–Trinajstić information content (AvgIpc) is 3.24. The Morgan fingerprint density at radius 2 is 1.69 bits per heavy atom. The summed E-state index contributed by atoms with van der Waals surface area (Å²) in [5, 5.41) is 4.32. The van der Waals surface area contributed by atoms with Crippen LogP contribution in [0.15, 0.2) is 58.0 Å². The number of furan rings is 1. The van der Waals surface area contributed by atoms with Crippen molar-refractivity contribution in [3.63, 3.8) is 0 Å². The van der Waals surface area contributed by atoms with Crippen molar-refractivity contribution >= 4 is 23.2 Å². The molecule has 0 spiro atoms. The van der Waals surface area contributed by atoms with E-state index < -0.39 is 11.7 Å². The molecular formula is C27H26F2N4O3. The summed E-state index contributed by atoms with van der Waals surface area (Å²) < 4.78 is 33.3. The quantitative estimate of drug-likeness (QED) is 0.551. The third-order valence-corrected chi connectivity index (χ3v) is 6.68. The van der Waals surface area contributed by atoms with E-state index in [0.717, 1.165) is 12.0 Å². The van der Waals surface area contributed by atoms with Gasteiger partial charge in [0.05, 0.1) is 11.4 Å². The van der Waals surface area contributed by atoms with Gasteiger partial charge in [0.15, 0.2) is 5.76 Å². The molecule has 9 heteroatoms. The normalized spacial score (nSPS) is 16.7. The predicted octanol–water partition coefficient (Wildman–Crippen LogP) is 4.30. The summed E-state index contributed by atoms with van der Waals surface area (Å²) in [5.74, 6) is -0.384. The second-order valence-corrected chi connectivity index (χ2v) is 8.94. The molecule has 2 amide bonds. The Labute approximate surface area is 207 Å². The number of carbonyl (C=O) groups excluding carboxylic acids is 2. The minimum absolute atomic E-state index is 0.204. The molecule has 1 N–H and O–H groups in total. The summed E-state index contributed by atoms with van der Waals surface area (Å²) in [6, 6.07) is 11.9. The van der Waals surface area contributed by atoms with Gasteiger partial charge in [-0.3, -0.25) is 9.59 Å². The Hall–Kier alpha value is -4.01. The van der Waals surface area contributed by atoms with Gasteiger partial charge in [-0.05, 0) is 56.2 Å². The molecule has 186 valence electrons. The lowest BCUT2D eigenvalue weighted by atomic mass is 9.93. The number of aryl methyl sites for hydroxylation is 1. The van der Waals surface area contributed by atoms with Crippen molar-refractivity contribution in [3.05, 3.63) is 88.4 Å². The van der Waals surface area contributed by atoms with Gasteiger partial charge in [0, 0.05) is 49.3 Å². The minimum atomic E-state index is -0.445. The van der Waals surface area contributed by atoms with E-state index in [4.69, 9.17) is 4.42 Å². The van der Waals surface area contributed by atoms with E-state index in [9.17, 15) is 18.4 Å². The van der Waals surface area contributed by atoms with Crippen molar-refractivity contribution in [2.75, 3.05) is 31.1 Å². The van der Waals surface area contributed by atoms with Crippen LogP contribution in [0.1, 0.15) is 50.6 Å². The average molecular weight is 493 g/mol. The maximum absolute atomic E-state index is 14.2. The van der Waals surface area contributed by atoms with Gasteiger partial charge in [-0.1, -0.05) is 12.1 Å². The fourth-order valence-corrected chi connectivity index (χ4v) is 4.77. The summed E-state index contributed by atoms with van der Waals surface area (Å²) in [5.41, 5.74) is 5.48. The molecule has 0 atom stereocenters. The predicted molar refractivity (Wildman–Crippen MR) is 131 cm³/mol. The topological polar surface area (TPSA) is 78.2 Å². The molecule has 2 aromatic carbocycles. The highest BCUT2D eigenvalue weighted by atomic mass is 19.1. The van der Waals surface area contributed by atoms with Gasteiger partial charge in [-0.15, -0.1) is 0 Å². The first kappa shape index (κ1) is 23.7. The van der Waals surface area contributed by atoms with Crippen molar-refractivity contribution in [2.45, 2.75) is 26.2 Å². The molecule has 5 rings (SSSR count). The number of rotatable bonds is 4. The molecule has 1 aliphatic carbocycles. The minimum Gasteiger partial charge on any atom is -0.455 e. The van der Waals surface area contributed by atoms with Crippen LogP contribution in [0.3, 0.4) is 0 Å². The number of hydrogen-bond donors (Lipinski definition) is 1. The lowest BCUT2D eigenvalue weighted by Crippen LogP contribution is -2.49. The van der Waals surface area contributed by atoms with E-state index >= 15 is 0 Å². The highest BCUT2D eigenvalue weighted by Gasteiger charge is 2.32. The summed E-state index contributed by atoms with van der Waals surface area (Å²) in [6.45, 7) is 3.77. The molecule has 0 saturated carbocycles. The first-order valence-corrected chi connectivity index (χ1v) is 12.0.